The third-order valence-corrected chi connectivity index (χ3v) is 4.80. The van der Waals surface area contributed by atoms with E-state index >= 15 is 0 Å². The van der Waals surface area contributed by atoms with Gasteiger partial charge < -0.3 is 9.52 Å². The highest BCUT2D eigenvalue weighted by Gasteiger charge is 2.24. The molecule has 0 bridgehead atoms. The van der Waals surface area contributed by atoms with Gasteiger partial charge >= 0.3 is 0 Å². The molecule has 8 heteroatoms. The molecule has 0 fully saturated rings. The zero-order valence-electron chi connectivity index (χ0n) is 14.4. The van der Waals surface area contributed by atoms with Gasteiger partial charge in [0.2, 0.25) is 5.71 Å². The Morgan fingerprint density at radius 1 is 1.12 bits per heavy atom. The van der Waals surface area contributed by atoms with Crippen molar-refractivity contribution in [2.75, 3.05) is 0 Å². The molecular formula is C18H16Cl2N4O2. The van der Waals surface area contributed by atoms with Crippen molar-refractivity contribution in [2.24, 2.45) is 0 Å². The van der Waals surface area contributed by atoms with Crippen LogP contribution in [0.2, 0.25) is 10.0 Å². The van der Waals surface area contributed by atoms with Gasteiger partial charge in [-0.2, -0.15) is 14.7 Å². The monoisotopic (exact) mass is 390 g/mol. The van der Waals surface area contributed by atoms with E-state index in [4.69, 9.17) is 27.6 Å². The first-order valence-electron chi connectivity index (χ1n) is 8.01. The van der Waals surface area contributed by atoms with Gasteiger partial charge in [-0.3, -0.25) is 0 Å². The number of benzene rings is 1. The summed E-state index contributed by atoms with van der Waals surface area (Å²) in [5, 5.41) is 19.8. The van der Waals surface area contributed by atoms with Crippen LogP contribution in [0.4, 0.5) is 0 Å². The van der Waals surface area contributed by atoms with Crippen molar-refractivity contribution in [1.29, 1.82) is 0 Å². The minimum Gasteiger partial charge on any atom is -0.439 e. The van der Waals surface area contributed by atoms with Crippen molar-refractivity contribution < 1.29 is 9.52 Å². The third kappa shape index (κ3) is 2.53. The number of aromatic nitrogens is 4. The van der Waals surface area contributed by atoms with E-state index in [1.165, 1.54) is 0 Å². The highest BCUT2D eigenvalue weighted by molar-refractivity contribution is 6.36. The quantitative estimate of drug-likeness (QED) is 0.558. The molecule has 0 saturated carbocycles. The summed E-state index contributed by atoms with van der Waals surface area (Å²) in [6.07, 6.45) is 0. The molecule has 0 aliphatic carbocycles. The van der Waals surface area contributed by atoms with Crippen LogP contribution in [-0.4, -0.2) is 24.5 Å². The fraction of sp³-hybridized carbons (Fsp3) is 0.222. The van der Waals surface area contributed by atoms with Crippen molar-refractivity contribution in [3.05, 3.63) is 57.2 Å². The zero-order valence-corrected chi connectivity index (χ0v) is 15.9. The smallest absolute Gasteiger partial charge is 0.249 e. The summed E-state index contributed by atoms with van der Waals surface area (Å²) in [7, 11) is 0. The molecule has 0 radical (unpaired) electrons. The number of aliphatic hydroxyl groups is 1. The summed E-state index contributed by atoms with van der Waals surface area (Å²) < 4.78 is 9.41. The van der Waals surface area contributed by atoms with E-state index in [-0.39, 0.29) is 6.61 Å². The molecule has 4 rings (SSSR count). The van der Waals surface area contributed by atoms with Crippen molar-refractivity contribution in [2.45, 2.75) is 27.4 Å². The van der Waals surface area contributed by atoms with Gasteiger partial charge in [-0.15, -0.1) is 0 Å². The highest BCUT2D eigenvalue weighted by atomic mass is 35.5. The molecule has 26 heavy (non-hydrogen) atoms. The van der Waals surface area contributed by atoms with Gasteiger partial charge in [-0.1, -0.05) is 23.2 Å². The molecule has 0 atom stereocenters. The number of oxazole rings is 1. The van der Waals surface area contributed by atoms with Gasteiger partial charge in [-0.25, -0.2) is 4.68 Å². The summed E-state index contributed by atoms with van der Waals surface area (Å²) in [4.78, 5) is 0. The Morgan fingerprint density at radius 2 is 1.88 bits per heavy atom. The average Bonchev–Trinajstić information content (AvgIpc) is 3.18. The maximum Gasteiger partial charge on any atom is 0.249 e. The maximum absolute atomic E-state index is 9.65. The van der Waals surface area contributed by atoms with Crippen LogP contribution in [0.3, 0.4) is 0 Å². The molecule has 0 spiro atoms. The predicted octanol–water partition coefficient (Wildman–Crippen LogP) is 4.50. The van der Waals surface area contributed by atoms with E-state index in [0.29, 0.717) is 32.9 Å². The third-order valence-electron chi connectivity index (χ3n) is 4.25. The van der Waals surface area contributed by atoms with Crippen LogP contribution in [-0.2, 0) is 6.61 Å². The summed E-state index contributed by atoms with van der Waals surface area (Å²) in [6.45, 7) is 5.47. The number of hydrogen-bond donors (Lipinski definition) is 1. The fourth-order valence-electron chi connectivity index (χ4n) is 3.17. The van der Waals surface area contributed by atoms with E-state index in [1.807, 2.05) is 32.9 Å². The van der Waals surface area contributed by atoms with Gasteiger partial charge in [0.25, 0.3) is 0 Å². The lowest BCUT2D eigenvalue weighted by Crippen LogP contribution is -2.03. The lowest BCUT2D eigenvalue weighted by molar-refractivity contribution is 0.273. The Bertz CT molecular complexity index is 1140. The summed E-state index contributed by atoms with van der Waals surface area (Å²) in [6, 6.07) is 7.14. The maximum atomic E-state index is 9.65. The van der Waals surface area contributed by atoms with Gasteiger partial charge in [-0.05, 0) is 45.0 Å². The van der Waals surface area contributed by atoms with Crippen LogP contribution < -0.4 is 0 Å². The Morgan fingerprint density at radius 3 is 2.58 bits per heavy atom. The van der Waals surface area contributed by atoms with Crippen molar-refractivity contribution in [3.63, 3.8) is 0 Å². The zero-order chi connectivity index (χ0) is 18.6. The topological polar surface area (TPSA) is 68.5 Å². The predicted molar refractivity (Wildman–Crippen MR) is 100 cm³/mol. The van der Waals surface area contributed by atoms with Gasteiger partial charge in [0, 0.05) is 10.6 Å². The second kappa shape index (κ2) is 6.16. The van der Waals surface area contributed by atoms with Gasteiger partial charge in [0.15, 0.2) is 5.69 Å². The van der Waals surface area contributed by atoms with E-state index in [0.717, 1.165) is 22.6 Å². The largest absolute Gasteiger partial charge is 0.439 e. The first kappa shape index (κ1) is 17.1. The molecule has 6 nitrogen and oxygen atoms in total. The molecule has 0 amide bonds. The minimum absolute atomic E-state index is 0.132. The van der Waals surface area contributed by atoms with Crippen LogP contribution >= 0.6 is 23.2 Å². The van der Waals surface area contributed by atoms with Crippen molar-refractivity contribution in [3.8, 4) is 16.9 Å². The summed E-state index contributed by atoms with van der Waals surface area (Å²) >= 11 is 12.4. The lowest BCUT2D eigenvalue weighted by atomic mass is 10.1. The van der Waals surface area contributed by atoms with Crippen LogP contribution in [0.1, 0.15) is 22.8 Å². The molecule has 1 N–H and O–H groups in total. The van der Waals surface area contributed by atoms with E-state index in [1.54, 1.807) is 21.3 Å². The molecule has 4 aromatic rings. The number of aliphatic hydroxyl groups excluding tert-OH is 1. The van der Waals surface area contributed by atoms with Gasteiger partial charge in [0.1, 0.15) is 11.5 Å². The van der Waals surface area contributed by atoms with Crippen molar-refractivity contribution in [1.82, 2.24) is 19.4 Å². The first-order chi connectivity index (χ1) is 12.4. The summed E-state index contributed by atoms with van der Waals surface area (Å²) in [5.74, 6) is 0.674. The average molecular weight is 391 g/mol. The number of nitrogens with zero attached hydrogens (tertiary/aromatic N) is 4. The number of fused-ring (bicyclic) bond motifs is 1. The van der Waals surface area contributed by atoms with Crippen molar-refractivity contribution >= 4 is 28.9 Å². The van der Waals surface area contributed by atoms with E-state index < -0.39 is 0 Å². The Balaban J connectivity index is 2.01. The lowest BCUT2D eigenvalue weighted by Gasteiger charge is -2.03. The number of rotatable bonds is 3. The molecule has 3 heterocycles. The molecule has 134 valence electrons. The Hall–Kier alpha value is -2.28. The highest BCUT2D eigenvalue weighted by Crippen LogP contribution is 2.36. The van der Waals surface area contributed by atoms with E-state index in [2.05, 4.69) is 10.2 Å². The Kier molecular flexibility index (Phi) is 4.06. The molecule has 0 saturated heterocycles. The molecule has 3 aromatic heterocycles. The molecular weight excluding hydrogens is 375 g/mol. The fourth-order valence-corrected chi connectivity index (χ4v) is 3.67. The molecule has 1 aromatic carbocycles. The first-order valence-corrected chi connectivity index (χ1v) is 8.77. The number of halogens is 2. The molecule has 0 unspecified atom stereocenters. The Labute approximate surface area is 159 Å². The molecule has 0 aliphatic heterocycles. The van der Waals surface area contributed by atoms with Crippen LogP contribution in [0.5, 0.6) is 0 Å². The standard InChI is InChI=1S/C18H16Cl2N4O2/c1-9-6-13(8-25)23(21-9)16-10(2)22-24-17(11(3)26-18(16)24)14-5-4-12(19)7-15(14)20/h4-7,25H,8H2,1-3H3. The second-order valence-corrected chi connectivity index (χ2v) is 6.97. The second-order valence-electron chi connectivity index (χ2n) is 6.13. The number of aryl methyl sites for hydroxylation is 3. The summed E-state index contributed by atoms with van der Waals surface area (Å²) in [5.41, 5.74) is 4.97. The number of hydrogen-bond acceptors (Lipinski definition) is 4. The molecule has 0 aliphatic rings. The van der Waals surface area contributed by atoms with Crippen LogP contribution in [0.25, 0.3) is 22.7 Å². The van der Waals surface area contributed by atoms with Crippen LogP contribution in [0.15, 0.2) is 28.7 Å². The normalized spacial score (nSPS) is 11.6. The SMILES string of the molecule is Cc1cc(CO)n(-c2c(C)nn3c(-c4ccc(Cl)cc4Cl)c(C)oc23)n1. The van der Waals surface area contributed by atoms with Crippen LogP contribution in [0, 0.1) is 20.8 Å². The van der Waals surface area contributed by atoms with E-state index in [9.17, 15) is 5.11 Å². The van der Waals surface area contributed by atoms with Gasteiger partial charge in [0.05, 0.1) is 28.7 Å². The minimum atomic E-state index is -0.132.